The Morgan fingerprint density at radius 2 is 1.84 bits per heavy atom. The zero-order valence-corrected chi connectivity index (χ0v) is 25.9. The second-order valence-corrected chi connectivity index (χ2v) is 12.3. The van der Waals surface area contributed by atoms with Crippen LogP contribution in [0.1, 0.15) is 71.0 Å². The minimum atomic E-state index is -1.35. The van der Waals surface area contributed by atoms with Gasteiger partial charge in [0.05, 0.1) is 30.7 Å². The molecule has 3 amide bonds. The molecule has 4 aliphatic heterocycles. The summed E-state index contributed by atoms with van der Waals surface area (Å²) >= 11 is 0. The SMILES string of the molecule is CCCCCN1C/C=C\CCC(=O)N[C@H](C)[C@@H](c2ccccc2)OC(=O)[C@@H]2[C@@H]3C=C[C@]4(O3)[C@H](C1=O)N([C@@H](CC)CO)C(=O)[C@@H]24. The zero-order valence-electron chi connectivity index (χ0n) is 25.9. The summed E-state index contributed by atoms with van der Waals surface area (Å²) in [5.41, 5.74) is -0.643. The first-order valence-corrected chi connectivity index (χ1v) is 16.1. The number of hydrogen-bond donors (Lipinski definition) is 2. The van der Waals surface area contributed by atoms with Crippen LogP contribution in [0.25, 0.3) is 0 Å². The molecule has 10 nitrogen and oxygen atoms in total. The van der Waals surface area contributed by atoms with Crippen LogP contribution in [0.4, 0.5) is 0 Å². The highest BCUT2D eigenvalue weighted by Gasteiger charge is 2.74. The van der Waals surface area contributed by atoms with Gasteiger partial charge in [0.15, 0.2) is 0 Å². The van der Waals surface area contributed by atoms with Crippen LogP contribution in [0.5, 0.6) is 0 Å². The molecule has 238 valence electrons. The van der Waals surface area contributed by atoms with Crippen molar-refractivity contribution in [3.63, 3.8) is 0 Å². The van der Waals surface area contributed by atoms with Crippen molar-refractivity contribution >= 4 is 23.7 Å². The van der Waals surface area contributed by atoms with Gasteiger partial charge in [-0.2, -0.15) is 0 Å². The highest BCUT2D eigenvalue weighted by molar-refractivity contribution is 5.99. The Kier molecular flexibility index (Phi) is 9.90. The average Bonchev–Trinajstić information content (AvgIpc) is 3.66. The number of nitrogens with zero attached hydrogens (tertiary/aromatic N) is 2. The van der Waals surface area contributed by atoms with Crippen molar-refractivity contribution in [3.8, 4) is 0 Å². The maximum absolute atomic E-state index is 14.5. The van der Waals surface area contributed by atoms with Gasteiger partial charge < -0.3 is 29.7 Å². The topological polar surface area (TPSA) is 125 Å². The minimum absolute atomic E-state index is 0.177. The van der Waals surface area contributed by atoms with Crippen molar-refractivity contribution in [1.82, 2.24) is 15.1 Å². The smallest absolute Gasteiger partial charge is 0.313 e. The number of unbranched alkanes of at least 4 members (excludes halogenated alkanes) is 2. The molecule has 1 aromatic carbocycles. The van der Waals surface area contributed by atoms with Crippen LogP contribution in [-0.2, 0) is 28.7 Å². The van der Waals surface area contributed by atoms with Crippen LogP contribution in [-0.4, -0.2) is 88.1 Å². The predicted molar refractivity (Wildman–Crippen MR) is 163 cm³/mol. The number of cyclic esters (lactones) is 1. The minimum Gasteiger partial charge on any atom is -0.455 e. The first-order valence-electron chi connectivity index (χ1n) is 16.1. The van der Waals surface area contributed by atoms with Gasteiger partial charge in [-0.15, -0.1) is 0 Å². The number of likely N-dealkylation sites (tertiary alicyclic amines) is 1. The number of carbonyl (C=O) groups is 4. The molecule has 2 N–H and O–H groups in total. The standard InChI is InChI=1S/C34H45N3O7/c1-4-6-12-19-36-20-13-8-11-16-26(39)35-22(3)29(23-14-9-7-10-15-23)43-33(42)27-25-17-18-34(44-25)28(27)31(40)37(24(5-2)21-38)30(34)32(36)41/h7-10,13-15,17-18,22,24-25,27-30,38H,4-6,11-12,16,19-21H2,1-3H3,(H,35,39)/b13-8-/t22-,24+,25+,27-,28-,29+,30+,34-/m1/s1. The van der Waals surface area contributed by atoms with E-state index in [9.17, 15) is 24.3 Å². The molecule has 0 aromatic heterocycles. The van der Waals surface area contributed by atoms with Crippen LogP contribution in [0.3, 0.4) is 0 Å². The summed E-state index contributed by atoms with van der Waals surface area (Å²) in [6, 6.07) is 7.01. The second-order valence-electron chi connectivity index (χ2n) is 12.3. The molecular weight excluding hydrogens is 562 g/mol. The lowest BCUT2D eigenvalue weighted by Crippen LogP contribution is -2.58. The first kappa shape index (κ1) is 31.9. The number of benzene rings is 1. The fourth-order valence-electron chi connectivity index (χ4n) is 7.22. The van der Waals surface area contributed by atoms with E-state index in [1.165, 1.54) is 4.90 Å². The third-order valence-electron chi connectivity index (χ3n) is 9.48. The van der Waals surface area contributed by atoms with Gasteiger partial charge in [0, 0.05) is 19.5 Å². The molecule has 2 fully saturated rings. The van der Waals surface area contributed by atoms with E-state index in [-0.39, 0.29) is 30.7 Å². The average molecular weight is 608 g/mol. The first-order chi connectivity index (χ1) is 21.3. The van der Waals surface area contributed by atoms with E-state index in [0.29, 0.717) is 31.5 Å². The third kappa shape index (κ3) is 5.81. The van der Waals surface area contributed by atoms with E-state index < -0.39 is 53.7 Å². The van der Waals surface area contributed by atoms with Crippen molar-refractivity contribution in [1.29, 1.82) is 0 Å². The van der Waals surface area contributed by atoms with E-state index in [1.54, 1.807) is 24.0 Å². The molecule has 2 saturated heterocycles. The van der Waals surface area contributed by atoms with Gasteiger partial charge in [0.25, 0.3) is 0 Å². The number of hydrogen-bond acceptors (Lipinski definition) is 7. The molecule has 0 radical (unpaired) electrons. The van der Waals surface area contributed by atoms with Crippen molar-refractivity contribution in [3.05, 3.63) is 60.2 Å². The summed E-state index contributed by atoms with van der Waals surface area (Å²) < 4.78 is 12.7. The summed E-state index contributed by atoms with van der Waals surface area (Å²) in [5.74, 6) is -3.42. The largest absolute Gasteiger partial charge is 0.455 e. The molecule has 5 bridgehead atoms. The quantitative estimate of drug-likeness (QED) is 0.264. The van der Waals surface area contributed by atoms with Crippen LogP contribution >= 0.6 is 0 Å². The van der Waals surface area contributed by atoms with E-state index in [4.69, 9.17) is 9.47 Å². The maximum Gasteiger partial charge on any atom is 0.313 e. The molecule has 10 heteroatoms. The number of fused-ring (bicyclic) bond motifs is 2. The lowest BCUT2D eigenvalue weighted by molar-refractivity contribution is -0.162. The third-order valence-corrected chi connectivity index (χ3v) is 9.48. The maximum atomic E-state index is 14.5. The number of carbonyl (C=O) groups excluding carboxylic acids is 4. The number of aliphatic hydroxyl groups excluding tert-OH is 1. The number of allylic oxidation sites excluding steroid dienone is 1. The normalized spacial score (nSPS) is 33.7. The molecule has 1 spiro atoms. The summed E-state index contributed by atoms with van der Waals surface area (Å²) in [4.78, 5) is 59.1. The predicted octanol–water partition coefficient (Wildman–Crippen LogP) is 3.07. The summed E-state index contributed by atoms with van der Waals surface area (Å²) in [5, 5.41) is 13.3. The highest BCUT2D eigenvalue weighted by atomic mass is 16.6. The van der Waals surface area contributed by atoms with Crippen LogP contribution < -0.4 is 5.32 Å². The van der Waals surface area contributed by atoms with Crippen LogP contribution in [0, 0.1) is 11.8 Å². The van der Waals surface area contributed by atoms with Gasteiger partial charge >= 0.3 is 5.97 Å². The molecule has 0 unspecified atom stereocenters. The monoisotopic (exact) mass is 607 g/mol. The fraction of sp³-hybridized carbons (Fsp3) is 0.588. The molecule has 8 atom stereocenters. The van der Waals surface area contributed by atoms with Gasteiger partial charge in [-0.25, -0.2) is 0 Å². The van der Waals surface area contributed by atoms with Gasteiger partial charge in [0.1, 0.15) is 23.7 Å². The van der Waals surface area contributed by atoms with Crippen LogP contribution in [0.2, 0.25) is 0 Å². The van der Waals surface area contributed by atoms with E-state index >= 15 is 0 Å². The number of aliphatic hydroxyl groups is 1. The number of esters is 1. The lowest BCUT2D eigenvalue weighted by atomic mass is 9.74. The Bertz CT molecular complexity index is 1280. The molecule has 44 heavy (non-hydrogen) atoms. The Labute approximate surface area is 259 Å². The second kappa shape index (κ2) is 13.6. The molecule has 4 aliphatic rings. The van der Waals surface area contributed by atoms with Gasteiger partial charge in [-0.05, 0) is 31.7 Å². The summed E-state index contributed by atoms with van der Waals surface area (Å²) in [6.07, 6.45) is 9.65. The fourth-order valence-corrected chi connectivity index (χ4v) is 7.22. The van der Waals surface area contributed by atoms with Crippen molar-refractivity contribution in [2.75, 3.05) is 19.7 Å². The molecule has 5 rings (SSSR count). The summed E-state index contributed by atoms with van der Waals surface area (Å²) in [6.45, 7) is 6.23. The van der Waals surface area contributed by atoms with Gasteiger partial charge in [-0.1, -0.05) is 81.3 Å². The van der Waals surface area contributed by atoms with E-state index in [2.05, 4.69) is 12.2 Å². The van der Waals surface area contributed by atoms with Crippen molar-refractivity contribution < 1.29 is 33.8 Å². The van der Waals surface area contributed by atoms with Crippen molar-refractivity contribution in [2.45, 2.75) is 95.2 Å². The van der Waals surface area contributed by atoms with Crippen LogP contribution in [0.15, 0.2) is 54.6 Å². The molecule has 4 heterocycles. The Balaban J connectivity index is 1.58. The highest BCUT2D eigenvalue weighted by Crippen LogP contribution is 2.56. The van der Waals surface area contributed by atoms with Gasteiger partial charge in [0.2, 0.25) is 17.7 Å². The molecular formula is C34H45N3O7. The van der Waals surface area contributed by atoms with Gasteiger partial charge in [-0.3, -0.25) is 19.2 Å². The number of rotatable bonds is 8. The Hall–Kier alpha value is -3.50. The number of amides is 3. The van der Waals surface area contributed by atoms with E-state index in [0.717, 1.165) is 19.3 Å². The lowest BCUT2D eigenvalue weighted by Gasteiger charge is -2.38. The Morgan fingerprint density at radius 1 is 1.07 bits per heavy atom. The number of ether oxygens (including phenoxy) is 2. The Morgan fingerprint density at radius 3 is 2.55 bits per heavy atom. The molecule has 0 aliphatic carbocycles. The van der Waals surface area contributed by atoms with E-state index in [1.807, 2.05) is 49.4 Å². The number of nitrogens with one attached hydrogen (secondary N) is 1. The summed E-state index contributed by atoms with van der Waals surface area (Å²) in [7, 11) is 0. The zero-order chi connectivity index (χ0) is 31.4. The molecule has 0 saturated carbocycles. The molecule has 1 aromatic rings. The van der Waals surface area contributed by atoms with Crippen molar-refractivity contribution in [2.24, 2.45) is 11.8 Å².